The first-order valence-electron chi connectivity index (χ1n) is 6.37. The van der Waals surface area contributed by atoms with Gasteiger partial charge in [0.15, 0.2) is 0 Å². The zero-order valence-electron chi connectivity index (χ0n) is 10.9. The summed E-state index contributed by atoms with van der Waals surface area (Å²) in [5, 5.41) is 0. The van der Waals surface area contributed by atoms with Crippen LogP contribution in [0.1, 0.15) is 35.2 Å². The molecule has 102 valence electrons. The molecular weight excluding hydrogens is 324 g/mol. The number of nitrogens with zero attached hydrogens (tertiary/aromatic N) is 1. The molecule has 2 N–H and O–H groups in total. The maximum atomic E-state index is 12.6. The zero-order valence-corrected chi connectivity index (χ0v) is 13.3. The highest BCUT2D eigenvalue weighted by atomic mass is 79.9. The van der Waals surface area contributed by atoms with E-state index in [1.54, 1.807) is 4.90 Å². The quantitative estimate of drug-likeness (QED) is 0.841. The maximum Gasteiger partial charge on any atom is 0.255 e. The summed E-state index contributed by atoms with van der Waals surface area (Å²) in [7, 11) is 0. The van der Waals surface area contributed by atoms with Gasteiger partial charge in [0, 0.05) is 11.0 Å². The summed E-state index contributed by atoms with van der Waals surface area (Å²) in [6, 6.07) is 5.64. The summed E-state index contributed by atoms with van der Waals surface area (Å²) in [5.41, 5.74) is 7.55. The fourth-order valence-electron chi connectivity index (χ4n) is 2.42. The molecule has 1 saturated heterocycles. The number of halogens is 1. The molecule has 5 heteroatoms. The number of carbonyl (C=O) groups is 1. The van der Waals surface area contributed by atoms with Gasteiger partial charge in [-0.25, -0.2) is 0 Å². The van der Waals surface area contributed by atoms with Crippen LogP contribution in [0.25, 0.3) is 0 Å². The third-order valence-corrected chi connectivity index (χ3v) is 4.38. The number of likely N-dealkylation sites (tertiary alicyclic amines) is 1. The Morgan fingerprint density at radius 1 is 1.47 bits per heavy atom. The second-order valence-corrected chi connectivity index (χ2v) is 6.22. The second kappa shape index (κ2) is 6.01. The van der Waals surface area contributed by atoms with Crippen LogP contribution < -0.4 is 5.73 Å². The smallest absolute Gasteiger partial charge is 0.255 e. The molecule has 1 aliphatic rings. The Hall–Kier alpha value is -0.940. The molecule has 19 heavy (non-hydrogen) atoms. The topological polar surface area (TPSA) is 46.3 Å². The van der Waals surface area contributed by atoms with Crippen LogP contribution in [0.5, 0.6) is 0 Å². The van der Waals surface area contributed by atoms with Gasteiger partial charge in [0.05, 0.1) is 16.6 Å². The number of aryl methyl sites for hydroxylation is 1. The van der Waals surface area contributed by atoms with Crippen molar-refractivity contribution < 1.29 is 4.79 Å². The van der Waals surface area contributed by atoms with E-state index in [1.165, 1.54) is 0 Å². The van der Waals surface area contributed by atoms with E-state index in [2.05, 4.69) is 15.9 Å². The Morgan fingerprint density at radius 2 is 2.21 bits per heavy atom. The molecule has 0 saturated carbocycles. The lowest BCUT2D eigenvalue weighted by Gasteiger charge is -2.35. The summed E-state index contributed by atoms with van der Waals surface area (Å²) in [4.78, 5) is 14.8. The third kappa shape index (κ3) is 3.15. The summed E-state index contributed by atoms with van der Waals surface area (Å²) in [6.45, 7) is 2.72. The molecule has 2 rings (SSSR count). The van der Waals surface area contributed by atoms with Gasteiger partial charge in [-0.1, -0.05) is 18.3 Å². The first-order chi connectivity index (χ1) is 9.00. The highest BCUT2D eigenvalue weighted by Gasteiger charge is 2.30. The lowest BCUT2D eigenvalue weighted by molar-refractivity contribution is 0.0680. The Labute approximate surface area is 127 Å². The van der Waals surface area contributed by atoms with Gasteiger partial charge in [-0.2, -0.15) is 0 Å². The van der Waals surface area contributed by atoms with Gasteiger partial charge in [-0.15, -0.1) is 0 Å². The number of hydrogen-bond donors (Lipinski definition) is 1. The van der Waals surface area contributed by atoms with Crippen LogP contribution in [0.3, 0.4) is 0 Å². The van der Waals surface area contributed by atoms with Gasteiger partial charge in [-0.05, 0) is 59.8 Å². The van der Waals surface area contributed by atoms with Gasteiger partial charge in [0.1, 0.15) is 0 Å². The second-order valence-electron chi connectivity index (χ2n) is 4.90. The Morgan fingerprint density at radius 3 is 2.84 bits per heavy atom. The number of benzene rings is 1. The summed E-state index contributed by atoms with van der Waals surface area (Å²) in [6.07, 6.45) is 2.94. The fraction of sp³-hybridized carbons (Fsp3) is 0.429. The van der Waals surface area contributed by atoms with Crippen molar-refractivity contribution in [2.45, 2.75) is 32.2 Å². The number of amides is 1. The molecule has 0 spiro atoms. The van der Waals surface area contributed by atoms with E-state index in [0.29, 0.717) is 10.6 Å². The summed E-state index contributed by atoms with van der Waals surface area (Å²) < 4.78 is 0.824. The number of nitrogens with two attached hydrogens (primary N) is 1. The number of piperidine rings is 1. The van der Waals surface area contributed by atoms with Crippen molar-refractivity contribution in [1.29, 1.82) is 0 Å². The molecule has 0 bridgehead atoms. The average molecular weight is 341 g/mol. The summed E-state index contributed by atoms with van der Waals surface area (Å²) >= 11 is 8.55. The Balaban J connectivity index is 2.28. The fourth-order valence-corrected chi connectivity index (χ4v) is 3.33. The lowest BCUT2D eigenvalue weighted by atomic mass is 10.0. The van der Waals surface area contributed by atoms with Gasteiger partial charge >= 0.3 is 0 Å². The van der Waals surface area contributed by atoms with Crippen LogP contribution in [0, 0.1) is 6.92 Å². The van der Waals surface area contributed by atoms with Crippen LogP contribution in [0.15, 0.2) is 22.7 Å². The van der Waals surface area contributed by atoms with E-state index in [0.717, 1.165) is 35.8 Å². The average Bonchev–Trinajstić information content (AvgIpc) is 2.38. The molecule has 1 aromatic carbocycles. The van der Waals surface area contributed by atoms with Crippen molar-refractivity contribution in [1.82, 2.24) is 4.90 Å². The van der Waals surface area contributed by atoms with Gasteiger partial charge < -0.3 is 10.6 Å². The molecule has 1 heterocycles. The van der Waals surface area contributed by atoms with Crippen LogP contribution in [0.2, 0.25) is 0 Å². The predicted octanol–water partition coefficient (Wildman–Crippen LogP) is 3.04. The number of rotatable bonds is 2. The van der Waals surface area contributed by atoms with Gasteiger partial charge in [0.25, 0.3) is 5.91 Å². The van der Waals surface area contributed by atoms with E-state index in [9.17, 15) is 4.79 Å². The highest BCUT2D eigenvalue weighted by Crippen LogP contribution is 2.24. The van der Waals surface area contributed by atoms with Crippen LogP contribution in [0.4, 0.5) is 0 Å². The van der Waals surface area contributed by atoms with Crippen LogP contribution in [-0.2, 0) is 0 Å². The molecule has 1 atom stereocenters. The number of thiocarbonyl (C=S) groups is 1. The molecule has 1 amide bonds. The third-order valence-electron chi connectivity index (χ3n) is 3.45. The lowest BCUT2D eigenvalue weighted by Crippen LogP contribution is -2.49. The molecule has 0 aliphatic carbocycles. The van der Waals surface area contributed by atoms with Gasteiger partial charge in [-0.3, -0.25) is 4.79 Å². The van der Waals surface area contributed by atoms with E-state index in [1.807, 2.05) is 25.1 Å². The standard InChI is InChI=1S/C14H17BrN2OS/c1-9-5-6-10(11(15)8-9)14(18)17-7-3-2-4-12(17)13(16)19/h5-6,8,12H,2-4,7H2,1H3,(H2,16,19). The minimum absolute atomic E-state index is 0.00405. The van der Waals surface area contributed by atoms with E-state index < -0.39 is 0 Å². The van der Waals surface area contributed by atoms with Gasteiger partial charge in [0.2, 0.25) is 0 Å². The summed E-state index contributed by atoms with van der Waals surface area (Å²) in [5.74, 6) is 0.00405. The van der Waals surface area contributed by atoms with E-state index >= 15 is 0 Å². The number of hydrogen-bond acceptors (Lipinski definition) is 2. The maximum absolute atomic E-state index is 12.6. The molecule has 1 fully saturated rings. The Kier molecular flexibility index (Phi) is 4.58. The minimum atomic E-state index is -0.107. The zero-order chi connectivity index (χ0) is 14.0. The van der Waals surface area contributed by atoms with Crippen LogP contribution in [-0.4, -0.2) is 28.4 Å². The SMILES string of the molecule is Cc1ccc(C(=O)N2CCCCC2C(N)=S)c(Br)c1. The molecule has 0 radical (unpaired) electrons. The molecule has 1 aliphatic heterocycles. The number of carbonyl (C=O) groups excluding carboxylic acids is 1. The van der Waals surface area contributed by atoms with Crippen molar-refractivity contribution >= 4 is 39.0 Å². The molecule has 3 nitrogen and oxygen atoms in total. The Bertz CT molecular complexity index is 518. The molecular formula is C14H17BrN2OS. The monoisotopic (exact) mass is 340 g/mol. The molecule has 1 unspecified atom stereocenters. The minimum Gasteiger partial charge on any atom is -0.392 e. The van der Waals surface area contributed by atoms with Crippen molar-refractivity contribution in [3.05, 3.63) is 33.8 Å². The predicted molar refractivity (Wildman–Crippen MR) is 84.3 cm³/mol. The first-order valence-corrected chi connectivity index (χ1v) is 7.57. The van der Waals surface area contributed by atoms with Crippen molar-refractivity contribution in [3.8, 4) is 0 Å². The molecule has 1 aromatic rings. The van der Waals surface area contributed by atoms with Crippen molar-refractivity contribution in [3.63, 3.8) is 0 Å². The van der Waals surface area contributed by atoms with Crippen LogP contribution >= 0.6 is 28.1 Å². The highest BCUT2D eigenvalue weighted by molar-refractivity contribution is 9.10. The van der Waals surface area contributed by atoms with E-state index in [-0.39, 0.29) is 11.9 Å². The molecule has 0 aromatic heterocycles. The van der Waals surface area contributed by atoms with Crippen molar-refractivity contribution in [2.75, 3.05) is 6.54 Å². The largest absolute Gasteiger partial charge is 0.392 e. The first kappa shape index (κ1) is 14.5. The van der Waals surface area contributed by atoms with E-state index in [4.69, 9.17) is 18.0 Å². The normalized spacial score (nSPS) is 19.3. The van der Waals surface area contributed by atoms with Crippen molar-refractivity contribution in [2.24, 2.45) is 5.73 Å².